The zero-order chi connectivity index (χ0) is 20.8. The molecule has 0 aliphatic heterocycles. The van der Waals surface area contributed by atoms with Crippen molar-refractivity contribution in [3.63, 3.8) is 0 Å². The molecular formula is C20H32N4O3. The Hall–Kier alpha value is -2.41. The topological polar surface area (TPSA) is 81.8 Å². The number of hydrogen-bond donors (Lipinski definition) is 2. The number of hydrogen-bond acceptors (Lipinski definition) is 4. The molecule has 150 valence electrons. The van der Waals surface area contributed by atoms with Crippen molar-refractivity contribution in [3.8, 4) is 0 Å². The lowest BCUT2D eigenvalue weighted by Crippen LogP contribution is -2.47. The molecule has 0 fully saturated rings. The van der Waals surface area contributed by atoms with E-state index in [1.807, 2.05) is 52.8 Å². The zero-order valence-electron chi connectivity index (χ0n) is 17.5. The van der Waals surface area contributed by atoms with E-state index in [-0.39, 0.29) is 42.9 Å². The van der Waals surface area contributed by atoms with E-state index in [0.29, 0.717) is 0 Å². The third-order valence-electron chi connectivity index (χ3n) is 3.81. The summed E-state index contributed by atoms with van der Waals surface area (Å²) in [6.07, 6.45) is 0. The summed E-state index contributed by atoms with van der Waals surface area (Å²) in [7, 11) is 3.28. The van der Waals surface area contributed by atoms with E-state index in [4.69, 9.17) is 0 Å². The maximum atomic E-state index is 12.3. The monoisotopic (exact) mass is 376 g/mol. The van der Waals surface area contributed by atoms with Gasteiger partial charge < -0.3 is 15.5 Å². The van der Waals surface area contributed by atoms with Crippen LogP contribution in [0.4, 0.5) is 5.69 Å². The fourth-order valence-electron chi connectivity index (χ4n) is 2.47. The predicted molar refractivity (Wildman–Crippen MR) is 108 cm³/mol. The molecule has 7 nitrogen and oxygen atoms in total. The van der Waals surface area contributed by atoms with Gasteiger partial charge in [-0.2, -0.15) is 0 Å². The van der Waals surface area contributed by atoms with Crippen LogP contribution < -0.4 is 10.6 Å². The smallest absolute Gasteiger partial charge is 0.243 e. The lowest BCUT2D eigenvalue weighted by atomic mass is 10.1. The van der Waals surface area contributed by atoms with Gasteiger partial charge in [-0.3, -0.25) is 19.3 Å². The molecule has 0 spiro atoms. The van der Waals surface area contributed by atoms with Crippen molar-refractivity contribution in [2.24, 2.45) is 0 Å². The van der Waals surface area contributed by atoms with E-state index in [2.05, 4.69) is 10.6 Å². The van der Waals surface area contributed by atoms with E-state index >= 15 is 0 Å². The van der Waals surface area contributed by atoms with Crippen molar-refractivity contribution in [1.82, 2.24) is 15.1 Å². The minimum absolute atomic E-state index is 0.0474. The fourth-order valence-corrected chi connectivity index (χ4v) is 2.47. The van der Waals surface area contributed by atoms with Crippen LogP contribution in [0.15, 0.2) is 18.2 Å². The maximum absolute atomic E-state index is 12.3. The average molecular weight is 377 g/mol. The van der Waals surface area contributed by atoms with Crippen LogP contribution in [0.25, 0.3) is 0 Å². The summed E-state index contributed by atoms with van der Waals surface area (Å²) < 4.78 is 0. The van der Waals surface area contributed by atoms with Crippen molar-refractivity contribution in [2.45, 2.75) is 40.2 Å². The van der Waals surface area contributed by atoms with Gasteiger partial charge in [-0.05, 0) is 58.9 Å². The Bertz CT molecular complexity index is 695. The Morgan fingerprint density at radius 1 is 0.963 bits per heavy atom. The van der Waals surface area contributed by atoms with E-state index in [1.54, 1.807) is 19.0 Å². The highest BCUT2D eigenvalue weighted by molar-refractivity contribution is 5.95. The van der Waals surface area contributed by atoms with Gasteiger partial charge in [0.25, 0.3) is 0 Å². The second kappa shape index (κ2) is 9.50. The fraction of sp³-hybridized carbons (Fsp3) is 0.550. The minimum atomic E-state index is -0.315. The van der Waals surface area contributed by atoms with Crippen molar-refractivity contribution in [3.05, 3.63) is 29.3 Å². The number of carbonyl (C=O) groups is 3. The summed E-state index contributed by atoms with van der Waals surface area (Å²) in [4.78, 5) is 39.4. The van der Waals surface area contributed by atoms with Gasteiger partial charge in [-0.15, -0.1) is 0 Å². The van der Waals surface area contributed by atoms with Crippen molar-refractivity contribution < 1.29 is 14.4 Å². The highest BCUT2D eigenvalue weighted by atomic mass is 16.2. The second-order valence-electron chi connectivity index (χ2n) is 8.09. The summed E-state index contributed by atoms with van der Waals surface area (Å²) in [6, 6.07) is 5.82. The standard InChI is InChI=1S/C20H32N4O3/c1-14-8-9-15(2)16(10-14)21-17(25)12-24(7)19(27)13-23(6)11-18(26)22-20(3,4)5/h8-10H,11-13H2,1-7H3,(H,21,25)(H,22,26). The molecule has 0 saturated heterocycles. The number of rotatable bonds is 7. The van der Waals surface area contributed by atoms with Gasteiger partial charge in [-0.25, -0.2) is 0 Å². The maximum Gasteiger partial charge on any atom is 0.243 e. The molecule has 27 heavy (non-hydrogen) atoms. The molecule has 1 aromatic carbocycles. The van der Waals surface area contributed by atoms with E-state index < -0.39 is 0 Å². The van der Waals surface area contributed by atoms with Crippen LogP contribution >= 0.6 is 0 Å². The van der Waals surface area contributed by atoms with Crippen LogP contribution in [0.1, 0.15) is 31.9 Å². The lowest BCUT2D eigenvalue weighted by Gasteiger charge is -2.24. The predicted octanol–water partition coefficient (Wildman–Crippen LogP) is 1.55. The third kappa shape index (κ3) is 8.68. The molecule has 0 aliphatic rings. The van der Waals surface area contributed by atoms with Gasteiger partial charge in [0.05, 0.1) is 19.6 Å². The van der Waals surface area contributed by atoms with Gasteiger partial charge in [0.2, 0.25) is 17.7 Å². The molecule has 1 aromatic rings. The first-order chi connectivity index (χ1) is 12.4. The number of carbonyl (C=O) groups excluding carboxylic acids is 3. The van der Waals surface area contributed by atoms with Gasteiger partial charge >= 0.3 is 0 Å². The number of nitrogens with zero attached hydrogens (tertiary/aromatic N) is 2. The van der Waals surface area contributed by atoms with Gasteiger partial charge in [0, 0.05) is 18.3 Å². The molecule has 0 aromatic heterocycles. The number of likely N-dealkylation sites (N-methyl/N-ethyl adjacent to an activating group) is 2. The van der Waals surface area contributed by atoms with E-state index in [9.17, 15) is 14.4 Å². The van der Waals surface area contributed by atoms with Crippen LogP contribution in [0.5, 0.6) is 0 Å². The number of nitrogens with one attached hydrogen (secondary N) is 2. The Morgan fingerprint density at radius 3 is 2.19 bits per heavy atom. The largest absolute Gasteiger partial charge is 0.350 e. The van der Waals surface area contributed by atoms with Gasteiger partial charge in [-0.1, -0.05) is 12.1 Å². The quantitative estimate of drug-likeness (QED) is 0.756. The zero-order valence-corrected chi connectivity index (χ0v) is 17.5. The first-order valence-electron chi connectivity index (χ1n) is 8.98. The summed E-state index contributed by atoms with van der Waals surface area (Å²) in [5, 5.41) is 5.69. The normalized spacial score (nSPS) is 11.3. The van der Waals surface area contributed by atoms with Crippen molar-refractivity contribution in [2.75, 3.05) is 39.0 Å². The minimum Gasteiger partial charge on any atom is -0.350 e. The molecule has 3 amide bonds. The number of aryl methyl sites for hydroxylation is 2. The Morgan fingerprint density at radius 2 is 1.59 bits per heavy atom. The van der Waals surface area contributed by atoms with Crippen LogP contribution in [0.3, 0.4) is 0 Å². The Kier molecular flexibility index (Phi) is 7.97. The van der Waals surface area contributed by atoms with Crippen LogP contribution in [-0.2, 0) is 14.4 Å². The molecule has 0 unspecified atom stereocenters. The second-order valence-corrected chi connectivity index (χ2v) is 8.09. The number of benzene rings is 1. The summed E-state index contributed by atoms with van der Waals surface area (Å²) >= 11 is 0. The summed E-state index contributed by atoms with van der Waals surface area (Å²) in [6.45, 7) is 9.71. The average Bonchev–Trinajstić information content (AvgIpc) is 2.48. The van der Waals surface area contributed by atoms with Crippen LogP contribution in [0, 0.1) is 13.8 Å². The molecule has 7 heteroatoms. The van der Waals surface area contributed by atoms with E-state index in [0.717, 1.165) is 16.8 Å². The molecular weight excluding hydrogens is 344 g/mol. The Balaban J connectivity index is 2.50. The van der Waals surface area contributed by atoms with Crippen molar-refractivity contribution in [1.29, 1.82) is 0 Å². The first kappa shape index (κ1) is 22.6. The number of anilines is 1. The van der Waals surface area contributed by atoms with E-state index in [1.165, 1.54) is 4.90 Å². The van der Waals surface area contributed by atoms with Gasteiger partial charge in [0.1, 0.15) is 0 Å². The SMILES string of the molecule is Cc1ccc(C)c(NC(=O)CN(C)C(=O)CN(C)CC(=O)NC(C)(C)C)c1. The first-order valence-corrected chi connectivity index (χ1v) is 8.98. The summed E-state index contributed by atoms with van der Waals surface area (Å²) in [5.74, 6) is -0.627. The molecule has 2 N–H and O–H groups in total. The molecule has 0 heterocycles. The van der Waals surface area contributed by atoms with Crippen LogP contribution in [0.2, 0.25) is 0 Å². The molecule has 0 radical (unpaired) electrons. The molecule has 0 bridgehead atoms. The molecule has 0 saturated carbocycles. The molecule has 1 rings (SSSR count). The molecule has 0 atom stereocenters. The van der Waals surface area contributed by atoms with Gasteiger partial charge in [0.15, 0.2) is 0 Å². The highest BCUT2D eigenvalue weighted by Gasteiger charge is 2.19. The van der Waals surface area contributed by atoms with Crippen LogP contribution in [-0.4, -0.2) is 66.8 Å². The summed E-state index contributed by atoms with van der Waals surface area (Å²) in [5.41, 5.74) is 2.45. The Labute approximate surface area is 162 Å². The lowest BCUT2D eigenvalue weighted by molar-refractivity contribution is -0.134. The van der Waals surface area contributed by atoms with Crippen molar-refractivity contribution >= 4 is 23.4 Å². The third-order valence-corrected chi connectivity index (χ3v) is 3.81. The molecule has 0 aliphatic carbocycles. The highest BCUT2D eigenvalue weighted by Crippen LogP contribution is 2.16. The number of amides is 3.